The minimum absolute atomic E-state index is 0.153. The lowest BCUT2D eigenvalue weighted by atomic mass is 9.65. The van der Waals surface area contributed by atoms with Crippen molar-refractivity contribution in [1.82, 2.24) is 9.97 Å². The summed E-state index contributed by atoms with van der Waals surface area (Å²) >= 11 is 0. The van der Waals surface area contributed by atoms with Crippen molar-refractivity contribution in [3.63, 3.8) is 0 Å². The molecular formula is C18H18FN3O3. The van der Waals surface area contributed by atoms with E-state index in [9.17, 15) is 9.18 Å². The van der Waals surface area contributed by atoms with Crippen LogP contribution in [-0.2, 0) is 4.74 Å². The van der Waals surface area contributed by atoms with Gasteiger partial charge in [-0.25, -0.2) is 14.4 Å². The number of carbonyl (C=O) groups excluding carboxylic acids is 1. The predicted molar refractivity (Wildman–Crippen MR) is 88.0 cm³/mol. The Hall–Kier alpha value is -2.54. The van der Waals surface area contributed by atoms with Crippen LogP contribution >= 0.6 is 0 Å². The summed E-state index contributed by atoms with van der Waals surface area (Å²) in [6.07, 6.45) is 3.16. The van der Waals surface area contributed by atoms with Crippen molar-refractivity contribution in [2.24, 2.45) is 5.41 Å². The van der Waals surface area contributed by atoms with E-state index in [1.165, 1.54) is 12.1 Å². The summed E-state index contributed by atoms with van der Waals surface area (Å²) < 4.78 is 24.1. The molecule has 4 rings (SSSR count). The Morgan fingerprint density at radius 1 is 1.36 bits per heavy atom. The van der Waals surface area contributed by atoms with Crippen LogP contribution in [0.1, 0.15) is 29.0 Å². The van der Waals surface area contributed by atoms with E-state index in [1.807, 2.05) is 13.0 Å². The normalized spacial score (nSPS) is 18.3. The fourth-order valence-corrected chi connectivity index (χ4v) is 3.26. The summed E-state index contributed by atoms with van der Waals surface area (Å²) in [7, 11) is 0. The zero-order chi connectivity index (χ0) is 17.4. The molecule has 3 heterocycles. The van der Waals surface area contributed by atoms with Crippen LogP contribution in [-0.4, -0.2) is 35.2 Å². The van der Waals surface area contributed by atoms with Crippen molar-refractivity contribution in [2.75, 3.05) is 18.5 Å². The molecular weight excluding hydrogens is 325 g/mol. The minimum Gasteiger partial charge on any atom is -0.490 e. The van der Waals surface area contributed by atoms with E-state index in [-0.39, 0.29) is 17.6 Å². The van der Waals surface area contributed by atoms with Gasteiger partial charge in [0.15, 0.2) is 0 Å². The quantitative estimate of drug-likeness (QED) is 0.924. The van der Waals surface area contributed by atoms with Gasteiger partial charge >= 0.3 is 0 Å². The Morgan fingerprint density at radius 3 is 2.80 bits per heavy atom. The Morgan fingerprint density at radius 2 is 2.16 bits per heavy atom. The van der Waals surface area contributed by atoms with E-state index in [0.717, 1.165) is 32.3 Å². The average Bonchev–Trinajstić information content (AvgIpc) is 2.50. The molecule has 25 heavy (non-hydrogen) atoms. The molecule has 0 radical (unpaired) electrons. The van der Waals surface area contributed by atoms with Crippen molar-refractivity contribution >= 4 is 11.7 Å². The number of amides is 1. The van der Waals surface area contributed by atoms with E-state index in [0.29, 0.717) is 16.9 Å². The third-order valence-corrected chi connectivity index (χ3v) is 4.57. The number of hydrogen-bond donors (Lipinski definition) is 1. The first-order valence-corrected chi connectivity index (χ1v) is 8.17. The number of nitrogens with zero attached hydrogens (tertiary/aromatic N) is 2. The molecule has 2 aliphatic rings. The summed E-state index contributed by atoms with van der Waals surface area (Å²) in [5.41, 5.74) is 1.25. The van der Waals surface area contributed by atoms with Gasteiger partial charge in [0.2, 0.25) is 0 Å². The van der Waals surface area contributed by atoms with Crippen LogP contribution in [0.25, 0.3) is 0 Å². The van der Waals surface area contributed by atoms with Crippen LogP contribution in [0.3, 0.4) is 0 Å². The predicted octanol–water partition coefficient (Wildman–Crippen LogP) is 2.73. The highest BCUT2D eigenvalue weighted by Crippen LogP contribution is 2.48. The summed E-state index contributed by atoms with van der Waals surface area (Å²) in [6, 6.07) is 6.07. The first-order chi connectivity index (χ1) is 12.0. The maximum absolute atomic E-state index is 12.9. The molecule has 130 valence electrons. The minimum atomic E-state index is -0.461. The maximum atomic E-state index is 12.9. The zero-order valence-corrected chi connectivity index (χ0v) is 13.8. The standard InChI is InChI=1S/C18H18FN3O3/c1-11-4-13(25-14-6-18(7-14)9-24-10-18)5-15(21-11)17(23)22-16-3-2-12(19)8-20-16/h2-5,8,14H,6-7,9-10H2,1H3,(H,20,22,23). The molecule has 7 heteroatoms. The molecule has 1 saturated carbocycles. The lowest BCUT2D eigenvalue weighted by Crippen LogP contribution is -2.56. The summed E-state index contributed by atoms with van der Waals surface area (Å²) in [4.78, 5) is 20.4. The van der Waals surface area contributed by atoms with E-state index in [4.69, 9.17) is 9.47 Å². The van der Waals surface area contributed by atoms with Crippen LogP contribution in [0.2, 0.25) is 0 Å². The van der Waals surface area contributed by atoms with Crippen molar-refractivity contribution in [2.45, 2.75) is 25.9 Å². The average molecular weight is 343 g/mol. The smallest absolute Gasteiger partial charge is 0.275 e. The number of nitrogens with one attached hydrogen (secondary N) is 1. The van der Waals surface area contributed by atoms with Gasteiger partial charge in [-0.2, -0.15) is 0 Å². The van der Waals surface area contributed by atoms with Gasteiger partial charge in [-0.15, -0.1) is 0 Å². The zero-order valence-electron chi connectivity index (χ0n) is 13.8. The second-order valence-electron chi connectivity index (χ2n) is 6.79. The van der Waals surface area contributed by atoms with Gasteiger partial charge in [0.05, 0.1) is 19.4 Å². The molecule has 1 N–H and O–H groups in total. The van der Waals surface area contributed by atoms with Crippen molar-refractivity contribution < 1.29 is 18.7 Å². The molecule has 2 aromatic rings. The second kappa shape index (κ2) is 6.07. The SMILES string of the molecule is Cc1cc(OC2CC3(COC3)C2)cc(C(=O)Nc2ccc(F)cn2)n1. The highest BCUT2D eigenvalue weighted by atomic mass is 19.1. The number of hydrogen-bond acceptors (Lipinski definition) is 5. The topological polar surface area (TPSA) is 73.3 Å². The summed E-state index contributed by atoms with van der Waals surface area (Å²) in [5.74, 6) is 0.0236. The van der Waals surface area contributed by atoms with Crippen LogP contribution < -0.4 is 10.1 Å². The molecule has 0 atom stereocenters. The van der Waals surface area contributed by atoms with Crippen molar-refractivity contribution in [1.29, 1.82) is 0 Å². The third kappa shape index (κ3) is 3.32. The monoisotopic (exact) mass is 343 g/mol. The molecule has 0 bridgehead atoms. The van der Waals surface area contributed by atoms with E-state index >= 15 is 0 Å². The van der Waals surface area contributed by atoms with Gasteiger partial charge in [-0.3, -0.25) is 4.79 Å². The van der Waals surface area contributed by atoms with Crippen molar-refractivity contribution in [3.8, 4) is 5.75 Å². The first kappa shape index (κ1) is 16.0. The van der Waals surface area contributed by atoms with Crippen LogP contribution in [0.15, 0.2) is 30.5 Å². The summed E-state index contributed by atoms with van der Waals surface area (Å²) in [6.45, 7) is 3.45. The van der Waals surface area contributed by atoms with Gasteiger partial charge in [0.1, 0.15) is 29.2 Å². The number of halogens is 1. The fourth-order valence-electron chi connectivity index (χ4n) is 3.26. The van der Waals surface area contributed by atoms with Gasteiger partial charge < -0.3 is 14.8 Å². The number of carbonyl (C=O) groups is 1. The first-order valence-electron chi connectivity index (χ1n) is 8.17. The van der Waals surface area contributed by atoms with Gasteiger partial charge in [0.25, 0.3) is 5.91 Å². The van der Waals surface area contributed by atoms with Crippen LogP contribution in [0.5, 0.6) is 5.75 Å². The van der Waals surface area contributed by atoms with Crippen LogP contribution in [0, 0.1) is 18.2 Å². The van der Waals surface area contributed by atoms with Gasteiger partial charge in [0, 0.05) is 23.2 Å². The Labute approximate surface area is 144 Å². The number of ether oxygens (including phenoxy) is 2. The van der Waals surface area contributed by atoms with E-state index < -0.39 is 11.7 Å². The molecule has 1 aliphatic heterocycles. The maximum Gasteiger partial charge on any atom is 0.275 e. The lowest BCUT2D eigenvalue weighted by Gasteiger charge is -2.52. The molecule has 0 aromatic carbocycles. The molecule has 6 nitrogen and oxygen atoms in total. The molecule has 1 spiro atoms. The highest BCUT2D eigenvalue weighted by molar-refractivity contribution is 6.02. The van der Waals surface area contributed by atoms with E-state index in [1.54, 1.807) is 6.07 Å². The molecule has 1 saturated heterocycles. The number of pyridine rings is 2. The third-order valence-electron chi connectivity index (χ3n) is 4.57. The lowest BCUT2D eigenvalue weighted by molar-refractivity contribution is -0.191. The Bertz CT molecular complexity index is 798. The van der Waals surface area contributed by atoms with Crippen molar-refractivity contribution in [3.05, 3.63) is 47.7 Å². The van der Waals surface area contributed by atoms with Gasteiger partial charge in [-0.1, -0.05) is 0 Å². The number of anilines is 1. The molecule has 1 amide bonds. The number of aromatic nitrogens is 2. The second-order valence-corrected chi connectivity index (χ2v) is 6.79. The van der Waals surface area contributed by atoms with Crippen LogP contribution in [0.4, 0.5) is 10.2 Å². The number of aryl methyl sites for hydroxylation is 1. The van der Waals surface area contributed by atoms with Gasteiger partial charge in [-0.05, 0) is 31.9 Å². The molecule has 2 fully saturated rings. The molecule has 2 aromatic heterocycles. The fraction of sp³-hybridized carbons (Fsp3) is 0.389. The Balaban J connectivity index is 1.43. The largest absolute Gasteiger partial charge is 0.490 e. The Kier molecular flexibility index (Phi) is 3.88. The highest BCUT2D eigenvalue weighted by Gasteiger charge is 2.51. The summed E-state index contributed by atoms with van der Waals surface area (Å²) in [5, 5.41) is 2.60. The number of rotatable bonds is 4. The van der Waals surface area contributed by atoms with E-state index in [2.05, 4.69) is 15.3 Å². The molecule has 1 aliphatic carbocycles. The molecule has 0 unspecified atom stereocenters.